The minimum absolute atomic E-state index is 0.0342. The fourth-order valence-corrected chi connectivity index (χ4v) is 1.81. The van der Waals surface area contributed by atoms with Crippen molar-refractivity contribution in [3.63, 3.8) is 0 Å². The first kappa shape index (κ1) is 10.9. The van der Waals surface area contributed by atoms with Gasteiger partial charge in [-0.2, -0.15) is 0 Å². The summed E-state index contributed by atoms with van der Waals surface area (Å²) in [5.74, 6) is 0. The molecule has 0 bridgehead atoms. The minimum Gasteiger partial charge on any atom is -0.205 e. The molecule has 1 aromatic rings. The van der Waals surface area contributed by atoms with E-state index in [1.165, 1.54) is 6.07 Å². The molecule has 0 aromatic heterocycles. The van der Waals surface area contributed by atoms with Crippen LogP contribution in [-0.4, -0.2) is 5.33 Å². The van der Waals surface area contributed by atoms with Gasteiger partial charge in [-0.3, -0.25) is 0 Å². The first-order chi connectivity index (χ1) is 6.16. The van der Waals surface area contributed by atoms with Crippen LogP contribution in [0.4, 0.5) is 8.78 Å². The highest BCUT2D eigenvalue weighted by atomic mass is 79.9. The van der Waals surface area contributed by atoms with Crippen LogP contribution in [0, 0.1) is 0 Å². The topological polar surface area (TPSA) is 0 Å². The fraction of sp³-hybridized carbons (Fsp3) is 0.333. The molecule has 0 amide bonds. The summed E-state index contributed by atoms with van der Waals surface area (Å²) in [4.78, 5) is 0. The lowest BCUT2D eigenvalue weighted by atomic mass is 10.1. The maximum Gasteiger partial charge on any atom is 0.264 e. The highest BCUT2D eigenvalue weighted by molar-refractivity contribution is 9.09. The molecule has 0 radical (unpaired) electrons. The van der Waals surface area contributed by atoms with Gasteiger partial charge in [0.25, 0.3) is 6.43 Å². The molecule has 4 heteroatoms. The molecule has 0 spiro atoms. The Morgan fingerprint density at radius 3 is 2.62 bits per heavy atom. The van der Waals surface area contributed by atoms with Crippen LogP contribution in [0.15, 0.2) is 18.2 Å². The van der Waals surface area contributed by atoms with Crippen molar-refractivity contribution in [3.8, 4) is 0 Å². The Labute approximate surface area is 89.0 Å². The van der Waals surface area contributed by atoms with Crippen molar-refractivity contribution in [2.75, 3.05) is 5.33 Å². The lowest BCUT2D eigenvalue weighted by Crippen LogP contribution is -1.96. The fourth-order valence-electron chi connectivity index (χ4n) is 1.14. The molecule has 0 N–H and O–H groups in total. The van der Waals surface area contributed by atoms with Gasteiger partial charge in [0.15, 0.2) is 0 Å². The van der Waals surface area contributed by atoms with Gasteiger partial charge in [0, 0.05) is 15.9 Å². The summed E-state index contributed by atoms with van der Waals surface area (Å²) in [5, 5.41) is 1.05. The third-order valence-corrected chi connectivity index (χ3v) is 2.49. The van der Waals surface area contributed by atoms with Gasteiger partial charge in [0.1, 0.15) is 0 Å². The van der Waals surface area contributed by atoms with E-state index in [9.17, 15) is 8.78 Å². The summed E-state index contributed by atoms with van der Waals surface area (Å²) in [5.41, 5.74) is 0.572. The Bertz CT molecular complexity index is 289. The molecule has 0 fully saturated rings. The van der Waals surface area contributed by atoms with Gasteiger partial charge < -0.3 is 0 Å². The van der Waals surface area contributed by atoms with Crippen LogP contribution < -0.4 is 0 Å². The monoisotopic (exact) mass is 268 g/mol. The summed E-state index contributed by atoms with van der Waals surface area (Å²) in [6, 6.07) is 4.58. The van der Waals surface area contributed by atoms with Gasteiger partial charge in [-0.1, -0.05) is 39.7 Å². The molecule has 0 saturated carbocycles. The van der Waals surface area contributed by atoms with Crippen molar-refractivity contribution < 1.29 is 8.78 Å². The van der Waals surface area contributed by atoms with Crippen LogP contribution in [0.5, 0.6) is 0 Å². The summed E-state index contributed by atoms with van der Waals surface area (Å²) in [7, 11) is 0. The highest BCUT2D eigenvalue weighted by Gasteiger charge is 2.14. The Hall–Kier alpha value is -0.150. The molecule has 0 aliphatic carbocycles. The molecule has 0 unspecified atom stereocenters. The first-order valence-electron chi connectivity index (χ1n) is 3.78. The average Bonchev–Trinajstić information content (AvgIpc) is 2.08. The number of benzene rings is 1. The molecular formula is C9H8BrClF2. The maximum absolute atomic E-state index is 12.5. The van der Waals surface area contributed by atoms with Gasteiger partial charge in [-0.15, -0.1) is 0 Å². The second kappa shape index (κ2) is 4.91. The SMILES string of the molecule is FC(F)c1cccc(Cl)c1CCBr. The predicted molar refractivity (Wildman–Crippen MR) is 53.9 cm³/mol. The molecule has 0 aliphatic heterocycles. The normalized spacial score (nSPS) is 10.8. The van der Waals surface area contributed by atoms with E-state index in [1.807, 2.05) is 0 Å². The standard InChI is InChI=1S/C9H8BrClF2/c10-5-4-6-7(9(12)13)2-1-3-8(6)11/h1-3,9H,4-5H2. The van der Waals surface area contributed by atoms with Crippen LogP contribution in [-0.2, 0) is 6.42 Å². The average molecular weight is 270 g/mol. The van der Waals surface area contributed by atoms with Gasteiger partial charge >= 0.3 is 0 Å². The van der Waals surface area contributed by atoms with Gasteiger partial charge in [0.05, 0.1) is 0 Å². The molecule has 13 heavy (non-hydrogen) atoms. The zero-order chi connectivity index (χ0) is 9.84. The molecule has 0 heterocycles. The van der Waals surface area contributed by atoms with Crippen LogP contribution in [0.3, 0.4) is 0 Å². The lowest BCUT2D eigenvalue weighted by Gasteiger charge is -2.08. The van der Waals surface area contributed by atoms with Crippen molar-refractivity contribution in [3.05, 3.63) is 34.3 Å². The largest absolute Gasteiger partial charge is 0.264 e. The minimum atomic E-state index is -2.45. The van der Waals surface area contributed by atoms with Crippen molar-refractivity contribution in [2.45, 2.75) is 12.8 Å². The Morgan fingerprint density at radius 1 is 1.38 bits per heavy atom. The van der Waals surface area contributed by atoms with Gasteiger partial charge in [-0.05, 0) is 18.1 Å². The zero-order valence-corrected chi connectivity index (χ0v) is 9.08. The zero-order valence-electron chi connectivity index (χ0n) is 6.74. The van der Waals surface area contributed by atoms with E-state index in [2.05, 4.69) is 15.9 Å². The van der Waals surface area contributed by atoms with E-state index in [0.29, 0.717) is 22.3 Å². The Balaban J connectivity index is 3.09. The molecule has 1 aromatic carbocycles. The molecule has 0 saturated heterocycles. The van der Waals surface area contributed by atoms with Crippen LogP contribution in [0.1, 0.15) is 17.6 Å². The van der Waals surface area contributed by atoms with E-state index in [4.69, 9.17) is 11.6 Å². The number of rotatable bonds is 3. The van der Waals surface area contributed by atoms with Crippen LogP contribution in [0.2, 0.25) is 5.02 Å². The van der Waals surface area contributed by atoms with E-state index < -0.39 is 6.43 Å². The smallest absolute Gasteiger partial charge is 0.205 e. The Morgan fingerprint density at radius 2 is 2.08 bits per heavy atom. The first-order valence-corrected chi connectivity index (χ1v) is 5.28. The Kier molecular flexibility index (Phi) is 4.13. The van der Waals surface area contributed by atoms with E-state index in [-0.39, 0.29) is 5.56 Å². The summed E-state index contributed by atoms with van der Waals surface area (Å²) in [6.45, 7) is 0. The second-order valence-electron chi connectivity index (χ2n) is 2.55. The highest BCUT2D eigenvalue weighted by Crippen LogP contribution is 2.28. The van der Waals surface area contributed by atoms with Gasteiger partial charge in [-0.25, -0.2) is 8.78 Å². The van der Waals surface area contributed by atoms with E-state index >= 15 is 0 Å². The lowest BCUT2D eigenvalue weighted by molar-refractivity contribution is 0.150. The number of alkyl halides is 3. The number of hydrogen-bond acceptors (Lipinski definition) is 0. The summed E-state index contributed by atoms with van der Waals surface area (Å²) >= 11 is 9.00. The number of halogens is 4. The summed E-state index contributed by atoms with van der Waals surface area (Å²) < 4.78 is 24.9. The molecular weight excluding hydrogens is 261 g/mol. The van der Waals surface area contributed by atoms with Crippen molar-refractivity contribution in [1.29, 1.82) is 0 Å². The molecule has 0 nitrogen and oxygen atoms in total. The molecule has 1 rings (SSSR count). The van der Waals surface area contributed by atoms with E-state index in [0.717, 1.165) is 0 Å². The van der Waals surface area contributed by atoms with E-state index in [1.54, 1.807) is 12.1 Å². The predicted octanol–water partition coefficient (Wildman–Crippen LogP) is 4.22. The quantitative estimate of drug-likeness (QED) is 0.721. The third-order valence-electron chi connectivity index (χ3n) is 1.73. The summed E-state index contributed by atoms with van der Waals surface area (Å²) in [6.07, 6.45) is -1.92. The van der Waals surface area contributed by atoms with Gasteiger partial charge in [0.2, 0.25) is 0 Å². The van der Waals surface area contributed by atoms with Crippen LogP contribution >= 0.6 is 27.5 Å². The van der Waals surface area contributed by atoms with Crippen molar-refractivity contribution >= 4 is 27.5 Å². The second-order valence-corrected chi connectivity index (χ2v) is 3.75. The molecule has 0 atom stereocenters. The molecule has 72 valence electrons. The maximum atomic E-state index is 12.5. The van der Waals surface area contributed by atoms with Crippen molar-refractivity contribution in [2.24, 2.45) is 0 Å². The molecule has 0 aliphatic rings. The number of hydrogen-bond donors (Lipinski definition) is 0. The van der Waals surface area contributed by atoms with Crippen molar-refractivity contribution in [1.82, 2.24) is 0 Å². The third kappa shape index (κ3) is 2.64. The van der Waals surface area contributed by atoms with Crippen LogP contribution in [0.25, 0.3) is 0 Å².